The highest BCUT2D eigenvalue weighted by Gasteiger charge is 2.07. The number of aryl methyl sites for hydroxylation is 1. The maximum Gasteiger partial charge on any atom is 0.130 e. The van der Waals surface area contributed by atoms with Crippen molar-refractivity contribution < 1.29 is 9.47 Å². The standard InChI is InChI=1S/C15H21N3O2/c1-3-6-18-11-17-9-13(18)10-20-15-7-14(19-2)5-4-12(15)8-16/h4-5,7,9,11H,3,6,8,10,16H2,1-2H3. The number of nitrogens with two attached hydrogens (primary N) is 1. The number of nitrogens with zero attached hydrogens (tertiary/aromatic N) is 2. The van der Waals surface area contributed by atoms with Gasteiger partial charge in [-0.05, 0) is 12.5 Å². The van der Waals surface area contributed by atoms with Gasteiger partial charge in [-0.1, -0.05) is 13.0 Å². The lowest BCUT2D eigenvalue weighted by Crippen LogP contribution is -2.07. The minimum atomic E-state index is 0.438. The minimum absolute atomic E-state index is 0.438. The van der Waals surface area contributed by atoms with Crippen LogP contribution < -0.4 is 15.2 Å². The molecule has 0 aliphatic carbocycles. The molecule has 108 valence electrons. The van der Waals surface area contributed by atoms with Gasteiger partial charge in [0.2, 0.25) is 0 Å². The summed E-state index contributed by atoms with van der Waals surface area (Å²) in [5.41, 5.74) is 7.75. The Balaban J connectivity index is 2.11. The Morgan fingerprint density at radius 1 is 1.35 bits per heavy atom. The Bertz CT molecular complexity index is 552. The van der Waals surface area contributed by atoms with Crippen molar-refractivity contribution in [3.8, 4) is 11.5 Å². The normalized spacial score (nSPS) is 10.6. The molecule has 0 spiro atoms. The van der Waals surface area contributed by atoms with Crippen molar-refractivity contribution in [2.75, 3.05) is 7.11 Å². The third-order valence-electron chi connectivity index (χ3n) is 3.13. The van der Waals surface area contributed by atoms with E-state index in [4.69, 9.17) is 15.2 Å². The van der Waals surface area contributed by atoms with Crippen LogP contribution in [0.5, 0.6) is 11.5 Å². The number of ether oxygens (including phenoxy) is 2. The highest BCUT2D eigenvalue weighted by atomic mass is 16.5. The van der Waals surface area contributed by atoms with Crippen LogP contribution in [0.15, 0.2) is 30.7 Å². The van der Waals surface area contributed by atoms with Gasteiger partial charge in [0, 0.05) is 24.7 Å². The van der Waals surface area contributed by atoms with Crippen molar-refractivity contribution in [1.82, 2.24) is 9.55 Å². The van der Waals surface area contributed by atoms with Crippen molar-refractivity contribution in [2.45, 2.75) is 33.0 Å². The Morgan fingerprint density at radius 2 is 2.20 bits per heavy atom. The Labute approximate surface area is 119 Å². The quantitative estimate of drug-likeness (QED) is 0.842. The van der Waals surface area contributed by atoms with E-state index in [9.17, 15) is 0 Å². The van der Waals surface area contributed by atoms with Crippen molar-refractivity contribution in [2.24, 2.45) is 5.73 Å². The van der Waals surface area contributed by atoms with E-state index in [2.05, 4.69) is 16.5 Å². The molecule has 2 N–H and O–H groups in total. The fraction of sp³-hybridized carbons (Fsp3) is 0.400. The van der Waals surface area contributed by atoms with E-state index >= 15 is 0 Å². The molecule has 1 heterocycles. The molecule has 0 atom stereocenters. The molecule has 2 rings (SSSR count). The van der Waals surface area contributed by atoms with Gasteiger partial charge in [0.1, 0.15) is 18.1 Å². The fourth-order valence-electron chi connectivity index (χ4n) is 2.03. The van der Waals surface area contributed by atoms with E-state index < -0.39 is 0 Å². The zero-order valence-corrected chi connectivity index (χ0v) is 12.0. The monoisotopic (exact) mass is 275 g/mol. The fourth-order valence-corrected chi connectivity index (χ4v) is 2.03. The van der Waals surface area contributed by atoms with E-state index in [1.54, 1.807) is 7.11 Å². The molecule has 20 heavy (non-hydrogen) atoms. The molecule has 5 heteroatoms. The zero-order chi connectivity index (χ0) is 14.4. The summed E-state index contributed by atoms with van der Waals surface area (Å²) in [5, 5.41) is 0. The van der Waals surface area contributed by atoms with Crippen LogP contribution >= 0.6 is 0 Å². The largest absolute Gasteiger partial charge is 0.497 e. The molecular weight excluding hydrogens is 254 g/mol. The van der Waals surface area contributed by atoms with Crippen LogP contribution in [0, 0.1) is 0 Å². The number of rotatable bonds is 7. The van der Waals surface area contributed by atoms with E-state index in [0.29, 0.717) is 13.2 Å². The van der Waals surface area contributed by atoms with Crippen molar-refractivity contribution in [1.29, 1.82) is 0 Å². The average Bonchev–Trinajstić information content (AvgIpc) is 2.92. The molecule has 1 aromatic carbocycles. The predicted molar refractivity (Wildman–Crippen MR) is 77.7 cm³/mol. The summed E-state index contributed by atoms with van der Waals surface area (Å²) in [5.74, 6) is 1.52. The van der Waals surface area contributed by atoms with Gasteiger partial charge in [0.05, 0.1) is 25.3 Å². The first-order chi connectivity index (χ1) is 9.78. The molecule has 0 fully saturated rings. The summed E-state index contributed by atoms with van der Waals surface area (Å²) < 4.78 is 13.2. The molecule has 0 bridgehead atoms. The summed E-state index contributed by atoms with van der Waals surface area (Å²) in [7, 11) is 1.64. The number of hydrogen-bond acceptors (Lipinski definition) is 4. The lowest BCUT2D eigenvalue weighted by Gasteiger charge is -2.13. The summed E-state index contributed by atoms with van der Waals surface area (Å²) in [6.07, 6.45) is 4.73. The number of benzene rings is 1. The summed E-state index contributed by atoms with van der Waals surface area (Å²) in [6.45, 7) is 3.99. The molecular formula is C15H21N3O2. The van der Waals surface area contributed by atoms with Gasteiger partial charge in [0.15, 0.2) is 0 Å². The van der Waals surface area contributed by atoms with Gasteiger partial charge in [-0.2, -0.15) is 0 Å². The van der Waals surface area contributed by atoms with Gasteiger partial charge < -0.3 is 19.8 Å². The average molecular weight is 275 g/mol. The van der Waals surface area contributed by atoms with Crippen LogP contribution in [0.2, 0.25) is 0 Å². The SMILES string of the molecule is CCCn1cncc1COc1cc(OC)ccc1CN. The van der Waals surface area contributed by atoms with E-state index in [1.165, 1.54) is 0 Å². The van der Waals surface area contributed by atoms with Crippen LogP contribution in [-0.2, 0) is 19.7 Å². The first kappa shape index (κ1) is 14.4. The molecule has 0 saturated heterocycles. The third-order valence-corrected chi connectivity index (χ3v) is 3.13. The number of hydrogen-bond donors (Lipinski definition) is 1. The van der Waals surface area contributed by atoms with Crippen LogP contribution in [0.25, 0.3) is 0 Å². The topological polar surface area (TPSA) is 62.3 Å². The molecule has 0 aliphatic rings. The lowest BCUT2D eigenvalue weighted by molar-refractivity contribution is 0.289. The van der Waals surface area contributed by atoms with Gasteiger partial charge >= 0.3 is 0 Å². The van der Waals surface area contributed by atoms with Crippen LogP contribution in [0.1, 0.15) is 24.6 Å². The second kappa shape index (κ2) is 6.96. The van der Waals surface area contributed by atoms with Crippen molar-refractivity contribution in [3.05, 3.63) is 42.0 Å². The molecule has 0 radical (unpaired) electrons. The lowest BCUT2D eigenvalue weighted by atomic mass is 10.2. The van der Waals surface area contributed by atoms with Crippen molar-refractivity contribution in [3.63, 3.8) is 0 Å². The van der Waals surface area contributed by atoms with Gasteiger partial charge in [-0.25, -0.2) is 4.98 Å². The Kier molecular flexibility index (Phi) is 5.01. The molecule has 2 aromatic rings. The number of methoxy groups -OCH3 is 1. The van der Waals surface area contributed by atoms with E-state index in [-0.39, 0.29) is 0 Å². The Hall–Kier alpha value is -2.01. The van der Waals surface area contributed by atoms with Crippen LogP contribution in [0.4, 0.5) is 0 Å². The second-order valence-electron chi connectivity index (χ2n) is 4.54. The molecule has 0 saturated carbocycles. The van der Waals surface area contributed by atoms with E-state index in [1.807, 2.05) is 30.7 Å². The van der Waals surface area contributed by atoms with E-state index in [0.717, 1.165) is 35.7 Å². The first-order valence-electron chi connectivity index (χ1n) is 6.77. The maximum atomic E-state index is 5.88. The zero-order valence-electron chi connectivity index (χ0n) is 12.0. The molecule has 0 unspecified atom stereocenters. The summed E-state index contributed by atoms with van der Waals surface area (Å²) in [4.78, 5) is 4.16. The maximum absolute atomic E-state index is 5.88. The first-order valence-corrected chi connectivity index (χ1v) is 6.77. The summed E-state index contributed by atoms with van der Waals surface area (Å²) in [6, 6.07) is 5.68. The highest BCUT2D eigenvalue weighted by molar-refractivity contribution is 5.40. The molecule has 0 aliphatic heterocycles. The smallest absolute Gasteiger partial charge is 0.130 e. The van der Waals surface area contributed by atoms with Gasteiger partial charge in [0.25, 0.3) is 0 Å². The Morgan fingerprint density at radius 3 is 2.90 bits per heavy atom. The minimum Gasteiger partial charge on any atom is -0.497 e. The second-order valence-corrected chi connectivity index (χ2v) is 4.54. The number of imidazole rings is 1. The van der Waals surface area contributed by atoms with Gasteiger partial charge in [-0.15, -0.1) is 0 Å². The molecule has 1 aromatic heterocycles. The van der Waals surface area contributed by atoms with Crippen LogP contribution in [-0.4, -0.2) is 16.7 Å². The van der Waals surface area contributed by atoms with Crippen LogP contribution in [0.3, 0.4) is 0 Å². The van der Waals surface area contributed by atoms with Crippen molar-refractivity contribution >= 4 is 0 Å². The third kappa shape index (κ3) is 3.30. The molecule has 5 nitrogen and oxygen atoms in total. The van der Waals surface area contributed by atoms with Gasteiger partial charge in [-0.3, -0.25) is 0 Å². The highest BCUT2D eigenvalue weighted by Crippen LogP contribution is 2.25. The predicted octanol–water partition coefficient (Wildman–Crippen LogP) is 2.34. The molecule has 0 amide bonds. The summed E-state index contributed by atoms with van der Waals surface area (Å²) >= 11 is 0. The number of aromatic nitrogens is 2.